The second-order valence-electron chi connectivity index (χ2n) is 6.80. The molecular formula is C24H16N4O2. The Labute approximate surface area is 171 Å². The van der Waals surface area contributed by atoms with Gasteiger partial charge < -0.3 is 5.11 Å². The van der Waals surface area contributed by atoms with E-state index in [2.05, 4.69) is 15.3 Å². The van der Waals surface area contributed by atoms with Gasteiger partial charge in [-0.25, -0.2) is 14.5 Å². The molecule has 5 aromatic rings. The van der Waals surface area contributed by atoms with Crippen LogP contribution in [0.3, 0.4) is 0 Å². The molecule has 0 bridgehead atoms. The summed E-state index contributed by atoms with van der Waals surface area (Å²) in [5, 5.41) is 18.7. The molecule has 0 saturated carbocycles. The van der Waals surface area contributed by atoms with Crippen molar-refractivity contribution in [2.75, 3.05) is 0 Å². The third kappa shape index (κ3) is 3.10. The second-order valence-corrected chi connectivity index (χ2v) is 6.80. The Hall–Kier alpha value is -4.32. The summed E-state index contributed by atoms with van der Waals surface area (Å²) in [5.74, 6) is -0.974. The van der Waals surface area contributed by atoms with Crippen LogP contribution in [0.15, 0.2) is 78.9 Å². The van der Waals surface area contributed by atoms with E-state index in [1.54, 1.807) is 16.8 Å². The van der Waals surface area contributed by atoms with E-state index in [1.165, 1.54) is 0 Å². The monoisotopic (exact) mass is 392 g/mol. The molecule has 2 heterocycles. The van der Waals surface area contributed by atoms with E-state index < -0.39 is 5.97 Å². The molecule has 3 aromatic carbocycles. The van der Waals surface area contributed by atoms with Crippen molar-refractivity contribution in [2.45, 2.75) is 0 Å². The third-order valence-electron chi connectivity index (χ3n) is 4.92. The van der Waals surface area contributed by atoms with Crippen LogP contribution in [0, 0.1) is 0 Å². The number of rotatable bonds is 4. The summed E-state index contributed by atoms with van der Waals surface area (Å²) in [4.78, 5) is 16.3. The number of aromatic nitrogens is 4. The number of para-hydroxylation sites is 3. The zero-order chi connectivity index (χ0) is 20.5. The van der Waals surface area contributed by atoms with Crippen LogP contribution in [0.25, 0.3) is 39.8 Å². The molecule has 0 atom stereocenters. The summed E-state index contributed by atoms with van der Waals surface area (Å²) >= 11 is 0. The minimum absolute atomic E-state index is 0.232. The van der Waals surface area contributed by atoms with Crippen LogP contribution in [0.4, 0.5) is 0 Å². The van der Waals surface area contributed by atoms with Crippen molar-refractivity contribution in [1.82, 2.24) is 20.0 Å². The maximum absolute atomic E-state index is 11.7. The first-order chi connectivity index (χ1) is 14.7. The number of hydrogen-bond acceptors (Lipinski definition) is 4. The molecule has 6 heteroatoms. The number of nitrogens with zero attached hydrogens (tertiary/aromatic N) is 4. The highest BCUT2D eigenvalue weighted by molar-refractivity contribution is 6.03. The molecule has 0 aliphatic heterocycles. The van der Waals surface area contributed by atoms with E-state index in [0.717, 1.165) is 22.3 Å². The molecular weight excluding hydrogens is 376 g/mol. The highest BCUT2D eigenvalue weighted by Crippen LogP contribution is 2.23. The van der Waals surface area contributed by atoms with Crippen molar-refractivity contribution in [2.24, 2.45) is 0 Å². The first kappa shape index (κ1) is 17.8. The number of benzene rings is 3. The minimum Gasteiger partial charge on any atom is -0.478 e. The van der Waals surface area contributed by atoms with Gasteiger partial charge in [-0.3, -0.25) is 0 Å². The van der Waals surface area contributed by atoms with Crippen molar-refractivity contribution >= 4 is 40.1 Å². The molecule has 0 radical (unpaired) electrons. The Balaban J connectivity index is 1.60. The molecule has 0 amide bonds. The number of pyridine rings is 1. The SMILES string of the molecule is O=C(O)c1cc(/C=C/c2ccccc2-n2nnc3ccccc32)nc2ccccc12. The summed E-state index contributed by atoms with van der Waals surface area (Å²) in [7, 11) is 0. The lowest BCUT2D eigenvalue weighted by Crippen LogP contribution is -2.00. The average Bonchev–Trinajstić information content (AvgIpc) is 3.21. The average molecular weight is 392 g/mol. The molecule has 0 unspecified atom stereocenters. The molecule has 6 nitrogen and oxygen atoms in total. The molecule has 30 heavy (non-hydrogen) atoms. The van der Waals surface area contributed by atoms with Crippen LogP contribution >= 0.6 is 0 Å². The number of aromatic carboxylic acids is 1. The lowest BCUT2D eigenvalue weighted by atomic mass is 10.1. The Bertz CT molecular complexity index is 1440. The fourth-order valence-electron chi connectivity index (χ4n) is 3.50. The summed E-state index contributed by atoms with van der Waals surface area (Å²) < 4.78 is 1.80. The van der Waals surface area contributed by atoms with E-state index in [-0.39, 0.29) is 5.56 Å². The predicted octanol–water partition coefficient (Wildman–Crippen LogP) is 4.84. The van der Waals surface area contributed by atoms with E-state index >= 15 is 0 Å². The molecule has 0 aliphatic carbocycles. The zero-order valence-corrected chi connectivity index (χ0v) is 15.8. The largest absolute Gasteiger partial charge is 0.478 e. The van der Waals surface area contributed by atoms with Gasteiger partial charge in [0.2, 0.25) is 0 Å². The van der Waals surface area contributed by atoms with Crippen LogP contribution < -0.4 is 0 Å². The van der Waals surface area contributed by atoms with Crippen molar-refractivity contribution < 1.29 is 9.90 Å². The standard InChI is InChI=1S/C24H16N4O2/c29-24(30)19-15-17(25-20-9-3-2-8-18(19)20)14-13-16-7-1-5-11-22(16)28-23-12-6-4-10-21(23)26-27-28/h1-15H,(H,29,30)/b14-13+. The van der Waals surface area contributed by atoms with Gasteiger partial charge in [0.05, 0.1) is 28.0 Å². The summed E-state index contributed by atoms with van der Waals surface area (Å²) in [6.07, 6.45) is 3.73. The number of hydrogen-bond donors (Lipinski definition) is 1. The van der Waals surface area contributed by atoms with Gasteiger partial charge in [0.1, 0.15) is 5.52 Å². The summed E-state index contributed by atoms with van der Waals surface area (Å²) in [6, 6.07) is 24.4. The highest BCUT2D eigenvalue weighted by Gasteiger charge is 2.11. The van der Waals surface area contributed by atoms with E-state index in [0.29, 0.717) is 16.6 Å². The van der Waals surface area contributed by atoms with Crippen LogP contribution in [0.2, 0.25) is 0 Å². The highest BCUT2D eigenvalue weighted by atomic mass is 16.4. The topological polar surface area (TPSA) is 80.9 Å². The fourth-order valence-corrected chi connectivity index (χ4v) is 3.50. The molecule has 0 saturated heterocycles. The molecule has 2 aromatic heterocycles. The normalized spacial score (nSPS) is 11.5. The number of carbonyl (C=O) groups is 1. The molecule has 1 N–H and O–H groups in total. The van der Waals surface area contributed by atoms with Crippen molar-refractivity contribution in [1.29, 1.82) is 0 Å². The van der Waals surface area contributed by atoms with Crippen LogP contribution in [-0.4, -0.2) is 31.1 Å². The van der Waals surface area contributed by atoms with Gasteiger partial charge in [-0.2, -0.15) is 0 Å². The van der Waals surface area contributed by atoms with Gasteiger partial charge in [-0.15, -0.1) is 5.10 Å². The molecule has 0 spiro atoms. The molecule has 144 valence electrons. The van der Waals surface area contributed by atoms with Crippen molar-refractivity contribution in [3.05, 3.63) is 95.7 Å². The lowest BCUT2D eigenvalue weighted by Gasteiger charge is -2.07. The van der Waals surface area contributed by atoms with Gasteiger partial charge in [-0.05, 0) is 36.4 Å². The van der Waals surface area contributed by atoms with Crippen LogP contribution in [-0.2, 0) is 0 Å². The van der Waals surface area contributed by atoms with Gasteiger partial charge in [-0.1, -0.05) is 59.8 Å². The number of carboxylic acid groups (broad SMARTS) is 1. The third-order valence-corrected chi connectivity index (χ3v) is 4.92. The smallest absolute Gasteiger partial charge is 0.336 e. The Kier molecular flexibility index (Phi) is 4.29. The summed E-state index contributed by atoms with van der Waals surface area (Å²) in [5.41, 5.74) is 4.98. The first-order valence-electron chi connectivity index (χ1n) is 9.42. The van der Waals surface area contributed by atoms with Crippen LogP contribution in [0.1, 0.15) is 21.6 Å². The van der Waals surface area contributed by atoms with E-state index in [4.69, 9.17) is 0 Å². The maximum atomic E-state index is 11.7. The van der Waals surface area contributed by atoms with Crippen LogP contribution in [0.5, 0.6) is 0 Å². The van der Waals surface area contributed by atoms with Gasteiger partial charge in [0.25, 0.3) is 0 Å². The quantitative estimate of drug-likeness (QED) is 0.473. The zero-order valence-electron chi connectivity index (χ0n) is 15.8. The molecule has 5 rings (SSSR count). The predicted molar refractivity (Wildman–Crippen MR) is 116 cm³/mol. The van der Waals surface area contributed by atoms with E-state index in [1.807, 2.05) is 78.9 Å². The Morgan fingerprint density at radius 2 is 1.60 bits per heavy atom. The van der Waals surface area contributed by atoms with Gasteiger partial charge >= 0.3 is 5.97 Å². The maximum Gasteiger partial charge on any atom is 0.336 e. The fraction of sp³-hybridized carbons (Fsp3) is 0. The molecule has 0 aliphatic rings. The Morgan fingerprint density at radius 3 is 2.47 bits per heavy atom. The van der Waals surface area contributed by atoms with Gasteiger partial charge in [0, 0.05) is 10.9 Å². The van der Waals surface area contributed by atoms with Crippen molar-refractivity contribution in [3.63, 3.8) is 0 Å². The summed E-state index contributed by atoms with van der Waals surface area (Å²) in [6.45, 7) is 0. The molecule has 0 fully saturated rings. The number of carboxylic acids is 1. The first-order valence-corrected chi connectivity index (χ1v) is 9.42. The number of fused-ring (bicyclic) bond motifs is 2. The van der Waals surface area contributed by atoms with Gasteiger partial charge in [0.15, 0.2) is 0 Å². The van der Waals surface area contributed by atoms with E-state index in [9.17, 15) is 9.90 Å². The second kappa shape index (κ2) is 7.25. The Morgan fingerprint density at radius 1 is 0.867 bits per heavy atom. The van der Waals surface area contributed by atoms with Crippen molar-refractivity contribution in [3.8, 4) is 5.69 Å². The lowest BCUT2D eigenvalue weighted by molar-refractivity contribution is 0.0699. The minimum atomic E-state index is -0.974.